The van der Waals surface area contributed by atoms with Crippen LogP contribution in [0.2, 0.25) is 10.0 Å². The van der Waals surface area contributed by atoms with E-state index < -0.39 is 0 Å². The normalized spacial score (nSPS) is 20.6. The second-order valence-electron chi connectivity index (χ2n) is 4.14. The molecule has 1 aliphatic rings. The van der Waals surface area contributed by atoms with Crippen LogP contribution < -0.4 is 10.6 Å². The summed E-state index contributed by atoms with van der Waals surface area (Å²) in [4.78, 5) is 2.24. The molecule has 5 heteroatoms. The molecule has 1 aliphatic heterocycles. The molecule has 94 valence electrons. The Kier molecular flexibility index (Phi) is 4.51. The van der Waals surface area contributed by atoms with Gasteiger partial charge in [-0.3, -0.25) is 0 Å². The van der Waals surface area contributed by atoms with Crippen LogP contribution in [-0.2, 0) is 4.74 Å². The number of nitrogens with two attached hydrogens (primary N) is 1. The summed E-state index contributed by atoms with van der Waals surface area (Å²) in [5.74, 6) is 0. The molecular formula is C12H16Cl2N2O. The van der Waals surface area contributed by atoms with Gasteiger partial charge in [0.25, 0.3) is 0 Å². The molecule has 1 fully saturated rings. The van der Waals surface area contributed by atoms with Crippen LogP contribution in [0.3, 0.4) is 0 Å². The van der Waals surface area contributed by atoms with Crippen molar-refractivity contribution in [2.75, 3.05) is 31.1 Å². The zero-order chi connectivity index (χ0) is 12.3. The highest BCUT2D eigenvalue weighted by Gasteiger charge is 2.20. The van der Waals surface area contributed by atoms with Crippen molar-refractivity contribution in [1.82, 2.24) is 0 Å². The van der Waals surface area contributed by atoms with Crippen molar-refractivity contribution < 1.29 is 4.74 Å². The summed E-state index contributed by atoms with van der Waals surface area (Å²) in [6.07, 6.45) is 1.08. The van der Waals surface area contributed by atoms with E-state index in [-0.39, 0.29) is 6.10 Å². The number of halogens is 2. The summed E-state index contributed by atoms with van der Waals surface area (Å²) in [6, 6.07) is 5.60. The third-order valence-corrected chi connectivity index (χ3v) is 3.28. The molecule has 1 atom stereocenters. The Morgan fingerprint density at radius 3 is 2.65 bits per heavy atom. The highest BCUT2D eigenvalue weighted by atomic mass is 35.5. The first kappa shape index (κ1) is 13.0. The molecule has 3 nitrogen and oxygen atoms in total. The van der Waals surface area contributed by atoms with Gasteiger partial charge in [-0.25, -0.2) is 0 Å². The minimum Gasteiger partial charge on any atom is -0.374 e. The second-order valence-corrected chi connectivity index (χ2v) is 5.02. The van der Waals surface area contributed by atoms with E-state index in [1.807, 2.05) is 12.1 Å². The van der Waals surface area contributed by atoms with Crippen LogP contribution in [0.5, 0.6) is 0 Å². The quantitative estimate of drug-likeness (QED) is 0.921. The molecule has 0 bridgehead atoms. The van der Waals surface area contributed by atoms with Crippen molar-refractivity contribution in [1.29, 1.82) is 0 Å². The Morgan fingerprint density at radius 1 is 1.29 bits per heavy atom. The van der Waals surface area contributed by atoms with Crippen LogP contribution in [-0.4, -0.2) is 32.3 Å². The lowest BCUT2D eigenvalue weighted by molar-refractivity contribution is 0.0369. The molecule has 1 unspecified atom stereocenters. The molecule has 0 aromatic heterocycles. The number of anilines is 1. The van der Waals surface area contributed by atoms with Crippen LogP contribution in [0.15, 0.2) is 18.2 Å². The van der Waals surface area contributed by atoms with E-state index in [1.54, 1.807) is 6.07 Å². The fourth-order valence-electron chi connectivity index (χ4n) is 2.04. The van der Waals surface area contributed by atoms with Crippen molar-refractivity contribution in [2.24, 2.45) is 5.73 Å². The molecule has 0 aliphatic carbocycles. The lowest BCUT2D eigenvalue weighted by atomic mass is 10.2. The predicted molar refractivity (Wildman–Crippen MR) is 72.1 cm³/mol. The number of hydrogen-bond acceptors (Lipinski definition) is 3. The maximum Gasteiger partial charge on any atom is 0.0762 e. The average molecular weight is 275 g/mol. The maximum atomic E-state index is 6.00. The number of ether oxygens (including phenoxy) is 1. The Hall–Kier alpha value is -0.480. The van der Waals surface area contributed by atoms with Crippen LogP contribution >= 0.6 is 23.2 Å². The van der Waals surface area contributed by atoms with E-state index in [0.29, 0.717) is 16.6 Å². The predicted octanol–water partition coefficient (Wildman–Crippen LogP) is 2.55. The number of rotatable bonds is 3. The molecule has 0 radical (unpaired) electrons. The van der Waals surface area contributed by atoms with Crippen LogP contribution in [0.25, 0.3) is 0 Å². The average Bonchev–Trinajstić information content (AvgIpc) is 2.28. The van der Waals surface area contributed by atoms with Gasteiger partial charge in [0.15, 0.2) is 0 Å². The van der Waals surface area contributed by atoms with E-state index in [1.165, 1.54) is 0 Å². The molecule has 0 spiro atoms. The molecule has 2 N–H and O–H groups in total. The van der Waals surface area contributed by atoms with Crippen molar-refractivity contribution in [3.05, 3.63) is 28.2 Å². The zero-order valence-corrected chi connectivity index (χ0v) is 11.0. The molecule has 1 aromatic rings. The van der Waals surface area contributed by atoms with Gasteiger partial charge in [-0.1, -0.05) is 23.2 Å². The minimum atomic E-state index is 0.200. The zero-order valence-electron chi connectivity index (χ0n) is 9.53. The van der Waals surface area contributed by atoms with Crippen molar-refractivity contribution in [3.8, 4) is 0 Å². The van der Waals surface area contributed by atoms with Gasteiger partial charge in [-0.15, -0.1) is 0 Å². The monoisotopic (exact) mass is 274 g/mol. The maximum absolute atomic E-state index is 6.00. The fourth-order valence-corrected chi connectivity index (χ4v) is 2.55. The largest absolute Gasteiger partial charge is 0.374 e. The molecule has 0 amide bonds. The molecule has 17 heavy (non-hydrogen) atoms. The molecule has 0 saturated carbocycles. The van der Waals surface area contributed by atoms with E-state index in [4.69, 9.17) is 33.7 Å². The van der Waals surface area contributed by atoms with E-state index >= 15 is 0 Å². The van der Waals surface area contributed by atoms with Gasteiger partial charge in [0.05, 0.1) is 12.7 Å². The Morgan fingerprint density at radius 2 is 2.00 bits per heavy atom. The summed E-state index contributed by atoms with van der Waals surface area (Å²) >= 11 is 12.0. The van der Waals surface area contributed by atoms with Crippen LogP contribution in [0.1, 0.15) is 6.42 Å². The SMILES string of the molecule is NCCC1CN(c2cc(Cl)cc(Cl)c2)CCO1. The topological polar surface area (TPSA) is 38.5 Å². The highest BCUT2D eigenvalue weighted by molar-refractivity contribution is 6.35. The lowest BCUT2D eigenvalue weighted by Crippen LogP contribution is -2.43. The van der Waals surface area contributed by atoms with Crippen LogP contribution in [0.4, 0.5) is 5.69 Å². The molecular weight excluding hydrogens is 259 g/mol. The number of benzene rings is 1. The van der Waals surface area contributed by atoms with Gasteiger partial charge in [-0.2, -0.15) is 0 Å². The number of hydrogen-bond donors (Lipinski definition) is 1. The van der Waals surface area contributed by atoms with Gasteiger partial charge in [0.1, 0.15) is 0 Å². The highest BCUT2D eigenvalue weighted by Crippen LogP contribution is 2.26. The minimum absolute atomic E-state index is 0.200. The van der Waals surface area contributed by atoms with Gasteiger partial charge < -0.3 is 15.4 Å². The summed E-state index contributed by atoms with van der Waals surface area (Å²) < 4.78 is 5.64. The number of nitrogens with zero attached hydrogens (tertiary/aromatic N) is 1. The third kappa shape index (κ3) is 3.49. The first-order valence-electron chi connectivity index (χ1n) is 5.72. The Bertz CT molecular complexity index is 365. The Labute approximate surface area is 111 Å². The van der Waals surface area contributed by atoms with E-state index in [2.05, 4.69) is 4.90 Å². The summed E-state index contributed by atoms with van der Waals surface area (Å²) in [5, 5.41) is 1.32. The standard InChI is InChI=1S/C12H16Cl2N2O/c13-9-5-10(14)7-11(6-9)16-3-4-17-12(8-16)1-2-15/h5-7,12H,1-4,8,15H2. The smallest absolute Gasteiger partial charge is 0.0762 e. The second kappa shape index (κ2) is 5.91. The van der Waals surface area contributed by atoms with Crippen LogP contribution in [0, 0.1) is 0 Å². The lowest BCUT2D eigenvalue weighted by Gasteiger charge is -2.34. The molecule has 1 heterocycles. The Balaban J connectivity index is 2.10. The van der Waals surface area contributed by atoms with Crippen molar-refractivity contribution in [2.45, 2.75) is 12.5 Å². The third-order valence-electron chi connectivity index (χ3n) is 2.84. The summed E-state index contributed by atoms with van der Waals surface area (Å²) in [6.45, 7) is 3.06. The molecule has 1 saturated heterocycles. The summed E-state index contributed by atoms with van der Waals surface area (Å²) in [5.41, 5.74) is 6.60. The number of morpholine rings is 1. The van der Waals surface area contributed by atoms with Gasteiger partial charge in [-0.05, 0) is 31.2 Å². The summed E-state index contributed by atoms with van der Waals surface area (Å²) in [7, 11) is 0. The van der Waals surface area contributed by atoms with Gasteiger partial charge in [0, 0.05) is 28.8 Å². The van der Waals surface area contributed by atoms with Crippen molar-refractivity contribution in [3.63, 3.8) is 0 Å². The fraction of sp³-hybridized carbons (Fsp3) is 0.500. The van der Waals surface area contributed by atoms with Gasteiger partial charge >= 0.3 is 0 Å². The molecule has 2 rings (SSSR count). The molecule has 1 aromatic carbocycles. The first-order chi connectivity index (χ1) is 8.19. The first-order valence-corrected chi connectivity index (χ1v) is 6.47. The van der Waals surface area contributed by atoms with E-state index in [9.17, 15) is 0 Å². The van der Waals surface area contributed by atoms with Gasteiger partial charge in [0.2, 0.25) is 0 Å². The van der Waals surface area contributed by atoms with E-state index in [0.717, 1.165) is 31.8 Å². The van der Waals surface area contributed by atoms with Crippen molar-refractivity contribution >= 4 is 28.9 Å².